The van der Waals surface area contributed by atoms with Crippen LogP contribution in [-0.2, 0) is 23.2 Å². The molecule has 0 aliphatic carbocycles. The minimum absolute atomic E-state index is 0.0867. The van der Waals surface area contributed by atoms with Crippen molar-refractivity contribution in [1.82, 2.24) is 14.8 Å². The Morgan fingerprint density at radius 1 is 1.31 bits per heavy atom. The molecule has 3 heterocycles. The van der Waals surface area contributed by atoms with Crippen LogP contribution >= 0.6 is 0 Å². The van der Waals surface area contributed by atoms with Crippen LogP contribution in [0.15, 0.2) is 24.3 Å². The lowest BCUT2D eigenvalue weighted by molar-refractivity contribution is -0.143. The number of carbonyl (C=O) groups is 1. The Bertz CT molecular complexity index is 1150. The Morgan fingerprint density at radius 2 is 2.10 bits per heavy atom. The summed E-state index contributed by atoms with van der Waals surface area (Å²) >= 11 is 0. The van der Waals surface area contributed by atoms with Gasteiger partial charge in [0, 0.05) is 36.9 Å². The van der Waals surface area contributed by atoms with Crippen molar-refractivity contribution < 1.29 is 24.1 Å². The molecule has 2 atom stereocenters. The average molecular weight is 543 g/mol. The van der Waals surface area contributed by atoms with E-state index in [1.54, 1.807) is 19.9 Å². The number of hydrogen-bond donors (Lipinski definition) is 3. The monoisotopic (exact) mass is 542 g/mol. The van der Waals surface area contributed by atoms with Gasteiger partial charge in [0.05, 0.1) is 12.7 Å². The van der Waals surface area contributed by atoms with Crippen LogP contribution < -0.4 is 10.1 Å². The summed E-state index contributed by atoms with van der Waals surface area (Å²) in [5.74, 6) is -0.768. The van der Waals surface area contributed by atoms with E-state index >= 15 is 0 Å². The Hall–Kier alpha value is -2.75. The lowest BCUT2D eigenvalue weighted by Gasteiger charge is -2.29. The van der Waals surface area contributed by atoms with Crippen LogP contribution in [0.5, 0.6) is 5.75 Å². The third kappa shape index (κ3) is 7.07. The molecule has 2 aliphatic rings. The second kappa shape index (κ2) is 12.6. The smallest absolute Gasteiger partial charge is 0.325 e. The van der Waals surface area contributed by atoms with Crippen molar-refractivity contribution in [2.24, 2.45) is 0 Å². The number of nitrogens with zero attached hydrogens (tertiary/aromatic N) is 3. The molecule has 8 nitrogen and oxygen atoms in total. The van der Waals surface area contributed by atoms with Crippen LogP contribution in [-0.4, -0.2) is 77.3 Å². The average Bonchev–Trinajstić information content (AvgIpc) is 3.37. The second-order valence-corrected chi connectivity index (χ2v) is 11.4. The molecule has 214 valence electrons. The molecule has 0 spiro atoms. The number of hydrogen-bond acceptors (Lipinski definition) is 7. The van der Waals surface area contributed by atoms with Crippen molar-refractivity contribution in [3.8, 4) is 5.75 Å². The van der Waals surface area contributed by atoms with Gasteiger partial charge in [-0.2, -0.15) is 0 Å². The molecular formula is C30H43FN4O4. The van der Waals surface area contributed by atoms with Crippen LogP contribution in [0.25, 0.3) is 0 Å². The number of nitrogens with one attached hydrogen (secondary N) is 1. The van der Waals surface area contributed by atoms with Gasteiger partial charge in [0.1, 0.15) is 11.9 Å². The number of likely N-dealkylation sites (tertiary alicyclic amines) is 1. The van der Waals surface area contributed by atoms with E-state index in [0.717, 1.165) is 63.1 Å². The fraction of sp³-hybridized carbons (Fsp3) is 0.600. The molecule has 39 heavy (non-hydrogen) atoms. The summed E-state index contributed by atoms with van der Waals surface area (Å²) in [6, 6.07) is 6.29. The largest absolute Gasteiger partial charge is 0.493 e. The number of aliphatic hydroxyl groups is 1. The summed E-state index contributed by atoms with van der Waals surface area (Å²) in [4.78, 5) is 21.4. The molecule has 3 N–H and O–H groups in total. The Kier molecular flexibility index (Phi) is 9.46. The van der Waals surface area contributed by atoms with Gasteiger partial charge in [-0.05, 0) is 95.3 Å². The fourth-order valence-electron chi connectivity index (χ4n) is 5.77. The predicted molar refractivity (Wildman–Crippen MR) is 150 cm³/mol. The van der Waals surface area contributed by atoms with E-state index < -0.39 is 23.4 Å². The number of methoxy groups -OCH3 is 1. The molecule has 1 fully saturated rings. The number of halogens is 1. The van der Waals surface area contributed by atoms with Crippen LogP contribution in [0.1, 0.15) is 74.4 Å². The van der Waals surface area contributed by atoms with Gasteiger partial charge >= 0.3 is 5.97 Å². The summed E-state index contributed by atoms with van der Waals surface area (Å²) in [7, 11) is 3.43. The number of aliphatic carboxylic acids is 1. The first-order chi connectivity index (χ1) is 18.6. The maximum Gasteiger partial charge on any atom is 0.325 e. The van der Waals surface area contributed by atoms with E-state index in [0.29, 0.717) is 18.7 Å². The normalized spacial score (nSPS) is 18.6. The topological polar surface area (TPSA) is 98.2 Å². The molecule has 0 saturated carbocycles. The zero-order valence-electron chi connectivity index (χ0n) is 23.7. The van der Waals surface area contributed by atoms with E-state index in [-0.39, 0.29) is 17.4 Å². The maximum absolute atomic E-state index is 14.9. The number of pyridine rings is 1. The lowest BCUT2D eigenvalue weighted by atomic mass is 9.93. The molecule has 9 heteroatoms. The minimum Gasteiger partial charge on any atom is -0.493 e. The van der Waals surface area contributed by atoms with Gasteiger partial charge in [0.15, 0.2) is 11.6 Å². The maximum atomic E-state index is 14.9. The fourth-order valence-corrected chi connectivity index (χ4v) is 5.77. The summed E-state index contributed by atoms with van der Waals surface area (Å²) in [5.41, 5.74) is 1.69. The molecular weight excluding hydrogens is 499 g/mol. The van der Waals surface area contributed by atoms with Gasteiger partial charge in [-0.1, -0.05) is 12.5 Å². The van der Waals surface area contributed by atoms with Crippen LogP contribution in [0.4, 0.5) is 10.2 Å². The number of likely N-dealkylation sites (N-methyl/N-ethyl adjacent to an activating group) is 1. The third-order valence-electron chi connectivity index (χ3n) is 8.09. The number of carboxylic acid groups (broad SMARTS) is 1. The van der Waals surface area contributed by atoms with Crippen molar-refractivity contribution in [2.45, 2.75) is 76.5 Å². The molecule has 0 amide bonds. The van der Waals surface area contributed by atoms with Gasteiger partial charge in [0.2, 0.25) is 0 Å². The van der Waals surface area contributed by atoms with Crippen molar-refractivity contribution >= 4 is 11.8 Å². The summed E-state index contributed by atoms with van der Waals surface area (Å²) in [5, 5.41) is 24.0. The number of aryl methyl sites for hydroxylation is 2. The van der Waals surface area contributed by atoms with Gasteiger partial charge < -0.3 is 25.2 Å². The van der Waals surface area contributed by atoms with E-state index in [9.17, 15) is 19.4 Å². The molecule has 4 rings (SSSR count). The first-order valence-corrected chi connectivity index (χ1v) is 14.1. The first-order valence-electron chi connectivity index (χ1n) is 14.1. The van der Waals surface area contributed by atoms with Gasteiger partial charge in [-0.15, -0.1) is 0 Å². The molecule has 1 aromatic heterocycles. The predicted octanol–water partition coefficient (Wildman–Crippen LogP) is 4.36. The zero-order valence-corrected chi connectivity index (χ0v) is 23.7. The summed E-state index contributed by atoms with van der Waals surface area (Å²) in [6.45, 7) is 6.18. The zero-order chi connectivity index (χ0) is 28.2. The van der Waals surface area contributed by atoms with E-state index in [1.807, 2.05) is 4.90 Å². The SMILES string of the molecule is COc1c(F)cc(C(C)(C)O)cc1[C@@H](C(=O)O)N1CC[C@@H](N(C)CCCCCc2ccc3c(n2)NCCC3)C1. The van der Waals surface area contributed by atoms with E-state index in [4.69, 9.17) is 9.72 Å². The van der Waals surface area contributed by atoms with E-state index in [1.165, 1.54) is 25.2 Å². The van der Waals surface area contributed by atoms with Crippen molar-refractivity contribution in [2.75, 3.05) is 45.7 Å². The Morgan fingerprint density at radius 3 is 2.82 bits per heavy atom. The van der Waals surface area contributed by atoms with Crippen molar-refractivity contribution in [3.05, 3.63) is 52.5 Å². The number of ether oxygens (including phenoxy) is 1. The van der Waals surface area contributed by atoms with E-state index in [2.05, 4.69) is 29.4 Å². The number of benzene rings is 1. The highest BCUT2D eigenvalue weighted by Crippen LogP contribution is 2.37. The number of aromatic nitrogens is 1. The highest BCUT2D eigenvalue weighted by molar-refractivity contribution is 5.77. The van der Waals surface area contributed by atoms with Crippen molar-refractivity contribution in [3.63, 3.8) is 0 Å². The van der Waals surface area contributed by atoms with Crippen LogP contribution in [0.3, 0.4) is 0 Å². The standard InChI is InChI=1S/C30H43FN4O4/c1-30(2,38)21-17-24(27(39-4)25(31)18-21)26(29(36)37)35-16-13-23(19-35)34(3)15-7-5-6-10-22-12-11-20-9-8-14-32-28(20)33-22/h11-12,17-18,23,26,38H,5-10,13-16,19H2,1-4H3,(H,32,33)(H,36,37)/t23-,26+/m1/s1. The molecule has 2 aliphatic heterocycles. The van der Waals surface area contributed by atoms with Gasteiger partial charge in [-0.25, -0.2) is 9.37 Å². The molecule has 1 saturated heterocycles. The molecule has 0 unspecified atom stereocenters. The molecule has 0 bridgehead atoms. The first kappa shape index (κ1) is 29.2. The third-order valence-corrected chi connectivity index (χ3v) is 8.09. The number of fused-ring (bicyclic) bond motifs is 1. The lowest BCUT2D eigenvalue weighted by Crippen LogP contribution is -2.38. The molecule has 2 aromatic rings. The minimum atomic E-state index is -1.31. The quantitative estimate of drug-likeness (QED) is 0.341. The second-order valence-electron chi connectivity index (χ2n) is 11.4. The van der Waals surface area contributed by atoms with Crippen LogP contribution in [0.2, 0.25) is 0 Å². The highest BCUT2D eigenvalue weighted by Gasteiger charge is 2.38. The number of anilines is 1. The Balaban J connectivity index is 1.31. The molecule has 1 aromatic carbocycles. The summed E-state index contributed by atoms with van der Waals surface area (Å²) < 4.78 is 20.2. The Labute approximate surface area is 231 Å². The summed E-state index contributed by atoms with van der Waals surface area (Å²) in [6.07, 6.45) is 7.32. The number of unbranched alkanes of at least 4 members (excludes halogenated alkanes) is 2. The van der Waals surface area contributed by atoms with Crippen LogP contribution in [0, 0.1) is 5.82 Å². The van der Waals surface area contributed by atoms with Crippen molar-refractivity contribution in [1.29, 1.82) is 0 Å². The number of carboxylic acids is 1. The highest BCUT2D eigenvalue weighted by atomic mass is 19.1. The number of rotatable bonds is 12. The van der Waals surface area contributed by atoms with Gasteiger partial charge in [-0.3, -0.25) is 9.69 Å². The molecule has 0 radical (unpaired) electrons. The van der Waals surface area contributed by atoms with Gasteiger partial charge in [0.25, 0.3) is 0 Å².